The molecule has 0 aliphatic rings. The number of aromatic nitrogens is 1. The Morgan fingerprint density at radius 3 is 2.40 bits per heavy atom. The second-order valence-corrected chi connectivity index (χ2v) is 5.43. The van der Waals surface area contributed by atoms with Gasteiger partial charge >= 0.3 is 0 Å². The van der Waals surface area contributed by atoms with E-state index in [9.17, 15) is 13.0 Å². The van der Waals surface area contributed by atoms with Crippen LogP contribution < -0.4 is 4.57 Å². The summed E-state index contributed by atoms with van der Waals surface area (Å²) < 4.78 is 38.4. The van der Waals surface area contributed by atoms with Crippen LogP contribution in [0, 0.1) is 0 Å². The molecule has 2 N–H and O–H groups in total. The number of pyridine rings is 1. The smallest absolute Gasteiger partial charge is 0.218 e. The predicted octanol–water partition coefficient (Wildman–Crippen LogP) is 0.729. The number of benzene rings is 1. The Hall–Kier alpha value is -1.54. The van der Waals surface area contributed by atoms with E-state index in [-0.39, 0.29) is 11.5 Å². The van der Waals surface area contributed by atoms with Crippen LogP contribution in [0.1, 0.15) is 19.9 Å². The SMILES string of the molecule is CC(OS(=O)(=O)[O-])C(C)[n+]1cccc2ccccc21.O. The van der Waals surface area contributed by atoms with Crippen LogP contribution in [-0.4, -0.2) is 24.6 Å². The number of hydrogen-bond donors (Lipinski definition) is 0. The van der Waals surface area contributed by atoms with Crippen LogP contribution >= 0.6 is 0 Å². The summed E-state index contributed by atoms with van der Waals surface area (Å²) in [5, 5.41) is 1.04. The van der Waals surface area contributed by atoms with Gasteiger partial charge in [-0.3, -0.25) is 4.18 Å². The number of rotatable bonds is 4. The number of nitrogens with zero attached hydrogens (tertiary/aromatic N) is 1. The average Bonchev–Trinajstić information content (AvgIpc) is 2.35. The van der Waals surface area contributed by atoms with E-state index in [1.54, 1.807) is 6.92 Å². The van der Waals surface area contributed by atoms with Gasteiger partial charge in [0.1, 0.15) is 6.10 Å². The predicted molar refractivity (Wildman–Crippen MR) is 72.7 cm³/mol. The molecule has 7 heteroatoms. The summed E-state index contributed by atoms with van der Waals surface area (Å²) in [5.74, 6) is 0. The van der Waals surface area contributed by atoms with Gasteiger partial charge in [-0.05, 0) is 19.1 Å². The Morgan fingerprint density at radius 1 is 1.15 bits per heavy atom. The molecule has 0 fully saturated rings. The van der Waals surface area contributed by atoms with Crippen molar-refractivity contribution < 1.29 is 27.2 Å². The van der Waals surface area contributed by atoms with E-state index >= 15 is 0 Å². The molecule has 0 saturated heterocycles. The van der Waals surface area contributed by atoms with Gasteiger partial charge in [0.15, 0.2) is 12.2 Å². The normalized spacial score (nSPS) is 14.6. The minimum absolute atomic E-state index is 0. The molecule has 0 spiro atoms. The molecule has 0 bridgehead atoms. The molecule has 0 saturated carbocycles. The highest BCUT2D eigenvalue weighted by Crippen LogP contribution is 2.14. The van der Waals surface area contributed by atoms with Crippen molar-refractivity contribution in [2.24, 2.45) is 0 Å². The van der Waals surface area contributed by atoms with Crippen molar-refractivity contribution in [3.63, 3.8) is 0 Å². The van der Waals surface area contributed by atoms with Crippen LogP contribution in [0.25, 0.3) is 10.9 Å². The van der Waals surface area contributed by atoms with Crippen molar-refractivity contribution >= 4 is 21.3 Å². The Morgan fingerprint density at radius 2 is 1.75 bits per heavy atom. The molecule has 110 valence electrons. The second-order valence-electron chi connectivity index (χ2n) is 4.42. The van der Waals surface area contributed by atoms with E-state index in [2.05, 4.69) is 4.18 Å². The summed E-state index contributed by atoms with van der Waals surface area (Å²) in [6, 6.07) is 11.3. The maximum absolute atomic E-state index is 10.7. The van der Waals surface area contributed by atoms with Crippen LogP contribution in [0.3, 0.4) is 0 Å². The number of para-hydroxylation sites is 1. The molecule has 2 rings (SSSR count). The Kier molecular flexibility index (Phi) is 5.18. The summed E-state index contributed by atoms with van der Waals surface area (Å²) in [6.07, 6.45) is 1.10. The van der Waals surface area contributed by atoms with Crippen LogP contribution in [0.4, 0.5) is 0 Å². The Balaban J connectivity index is 0.00000200. The minimum Gasteiger partial charge on any atom is -0.726 e. The molecule has 1 aromatic heterocycles. The van der Waals surface area contributed by atoms with E-state index in [1.807, 2.05) is 54.1 Å². The van der Waals surface area contributed by atoms with Gasteiger partial charge in [-0.1, -0.05) is 12.1 Å². The van der Waals surface area contributed by atoms with Gasteiger partial charge in [0.2, 0.25) is 15.9 Å². The highest BCUT2D eigenvalue weighted by atomic mass is 32.3. The van der Waals surface area contributed by atoms with Crippen molar-refractivity contribution in [1.29, 1.82) is 0 Å². The highest BCUT2D eigenvalue weighted by Gasteiger charge is 2.25. The quantitative estimate of drug-likeness (QED) is 0.471. The minimum atomic E-state index is -4.69. The number of fused-ring (bicyclic) bond motifs is 1. The first-order chi connectivity index (χ1) is 8.88. The lowest BCUT2D eigenvalue weighted by Gasteiger charge is -2.18. The summed E-state index contributed by atoms with van der Waals surface area (Å²) in [5.41, 5.74) is 0.955. The van der Waals surface area contributed by atoms with E-state index in [0.29, 0.717) is 0 Å². The monoisotopic (exact) mass is 299 g/mol. The largest absolute Gasteiger partial charge is 0.726 e. The molecule has 0 radical (unpaired) electrons. The Labute approximate surface area is 117 Å². The molecule has 20 heavy (non-hydrogen) atoms. The molecule has 6 nitrogen and oxygen atoms in total. The van der Waals surface area contributed by atoms with Crippen LogP contribution in [-0.2, 0) is 14.6 Å². The molecule has 2 atom stereocenters. The van der Waals surface area contributed by atoms with Gasteiger partial charge in [0.25, 0.3) is 0 Å². The van der Waals surface area contributed by atoms with Gasteiger partial charge in [0.05, 0.1) is 0 Å². The van der Waals surface area contributed by atoms with Crippen LogP contribution in [0.5, 0.6) is 0 Å². The maximum atomic E-state index is 10.7. The first-order valence-corrected chi connectivity index (χ1v) is 7.25. The average molecular weight is 299 g/mol. The molecular formula is C13H17NO5S. The lowest BCUT2D eigenvalue weighted by Crippen LogP contribution is -2.44. The molecule has 2 aromatic rings. The molecule has 0 amide bonds. The summed E-state index contributed by atoms with van der Waals surface area (Å²) >= 11 is 0. The topological polar surface area (TPSA) is 102 Å². The molecule has 2 unspecified atom stereocenters. The van der Waals surface area contributed by atoms with Crippen molar-refractivity contribution in [3.8, 4) is 0 Å². The fourth-order valence-electron chi connectivity index (χ4n) is 2.03. The fourth-order valence-corrected chi connectivity index (χ4v) is 2.56. The first kappa shape index (κ1) is 16.5. The zero-order chi connectivity index (χ0) is 14.0. The van der Waals surface area contributed by atoms with E-state index in [4.69, 9.17) is 0 Å². The molecule has 1 heterocycles. The molecule has 1 aromatic carbocycles. The van der Waals surface area contributed by atoms with Crippen LogP contribution in [0.15, 0.2) is 42.6 Å². The fraction of sp³-hybridized carbons (Fsp3) is 0.308. The highest BCUT2D eigenvalue weighted by molar-refractivity contribution is 7.80. The summed E-state index contributed by atoms with van der Waals surface area (Å²) in [4.78, 5) is 0. The molecule has 0 aliphatic heterocycles. The molecular weight excluding hydrogens is 282 g/mol. The van der Waals surface area contributed by atoms with Crippen molar-refractivity contribution in [3.05, 3.63) is 42.6 Å². The van der Waals surface area contributed by atoms with E-state index in [1.165, 1.54) is 0 Å². The summed E-state index contributed by atoms with van der Waals surface area (Å²) in [7, 11) is -4.69. The standard InChI is InChI=1S/C13H15NO4S.H2O/c1-10(11(2)18-19(15,16)17)14-9-5-7-12-6-3-4-8-13(12)14;/h3-11H,1-2H3;1H2. The van der Waals surface area contributed by atoms with Gasteiger partial charge < -0.3 is 10.0 Å². The summed E-state index contributed by atoms with van der Waals surface area (Å²) in [6.45, 7) is 3.37. The van der Waals surface area contributed by atoms with Crippen molar-refractivity contribution in [1.82, 2.24) is 0 Å². The van der Waals surface area contributed by atoms with Gasteiger partial charge in [-0.2, -0.15) is 4.57 Å². The van der Waals surface area contributed by atoms with E-state index < -0.39 is 16.5 Å². The van der Waals surface area contributed by atoms with Gasteiger partial charge in [-0.15, -0.1) is 0 Å². The Bertz CT molecular complexity index is 681. The van der Waals surface area contributed by atoms with E-state index in [0.717, 1.165) is 10.9 Å². The van der Waals surface area contributed by atoms with Gasteiger partial charge in [-0.25, -0.2) is 8.42 Å². The van der Waals surface area contributed by atoms with Gasteiger partial charge in [0, 0.05) is 24.4 Å². The van der Waals surface area contributed by atoms with Crippen molar-refractivity contribution in [2.45, 2.75) is 26.0 Å². The number of hydrogen-bond acceptors (Lipinski definition) is 4. The second kappa shape index (κ2) is 6.27. The third-order valence-electron chi connectivity index (χ3n) is 3.13. The lowest BCUT2D eigenvalue weighted by atomic mass is 10.1. The first-order valence-electron chi connectivity index (χ1n) is 5.91. The third-order valence-corrected chi connectivity index (χ3v) is 3.66. The third kappa shape index (κ3) is 3.73. The molecule has 0 aliphatic carbocycles. The maximum Gasteiger partial charge on any atom is 0.218 e. The zero-order valence-electron chi connectivity index (χ0n) is 11.2. The van der Waals surface area contributed by atoms with Crippen molar-refractivity contribution in [2.75, 3.05) is 0 Å². The lowest BCUT2D eigenvalue weighted by molar-refractivity contribution is -0.701. The van der Waals surface area contributed by atoms with Crippen LogP contribution in [0.2, 0.25) is 0 Å². The zero-order valence-corrected chi connectivity index (χ0v) is 12.0.